The molecule has 0 spiro atoms. The molecule has 0 amide bonds. The summed E-state index contributed by atoms with van der Waals surface area (Å²) in [5, 5.41) is 1.19. The maximum atomic E-state index is 4.26. The fourth-order valence-corrected chi connectivity index (χ4v) is 1.34. The lowest BCUT2D eigenvalue weighted by atomic mass is 10.2. The Morgan fingerprint density at radius 1 is 1.14 bits per heavy atom. The summed E-state index contributed by atoms with van der Waals surface area (Å²) in [6.07, 6.45) is 1.82. The first-order valence-corrected chi connectivity index (χ1v) is 4.29. The lowest BCUT2D eigenvalue weighted by molar-refractivity contribution is 1.13. The van der Waals surface area contributed by atoms with E-state index in [2.05, 4.69) is 28.1 Å². The van der Waals surface area contributed by atoms with Gasteiger partial charge in [-0.3, -0.25) is 4.98 Å². The van der Waals surface area contributed by atoms with E-state index in [9.17, 15) is 0 Å². The first-order chi connectivity index (χ1) is 6.27. The highest BCUT2D eigenvalue weighted by Gasteiger charge is 1.97. The summed E-state index contributed by atoms with van der Waals surface area (Å²) in [7, 11) is 4.08. The third-order valence-corrected chi connectivity index (χ3v) is 2.10. The molecule has 0 saturated carbocycles. The van der Waals surface area contributed by atoms with Crippen LogP contribution in [0.1, 0.15) is 7.43 Å². The Kier molecular flexibility index (Phi) is 3.07. The second-order valence-corrected chi connectivity index (χ2v) is 3.27. The average molecular weight is 188 g/mol. The molecule has 0 atom stereocenters. The topological polar surface area (TPSA) is 16.1 Å². The molecular formula is C12H16N2. The highest BCUT2D eigenvalue weighted by Crippen LogP contribution is 2.18. The summed E-state index contributed by atoms with van der Waals surface area (Å²) >= 11 is 0. The summed E-state index contributed by atoms with van der Waals surface area (Å²) in [6, 6.07) is 10.3. The van der Waals surface area contributed by atoms with Crippen molar-refractivity contribution in [3.8, 4) is 0 Å². The number of fused-ring (bicyclic) bond motifs is 1. The van der Waals surface area contributed by atoms with Crippen molar-refractivity contribution in [1.29, 1.82) is 0 Å². The molecule has 2 aromatic rings. The van der Waals surface area contributed by atoms with Crippen molar-refractivity contribution >= 4 is 16.6 Å². The van der Waals surface area contributed by atoms with E-state index in [-0.39, 0.29) is 7.43 Å². The standard InChI is InChI=1S/C11H12N2.CH4/c1-13(2)10-5-6-11-9(8-10)4-3-7-12-11;/h3-8H,1-2H3;1H4. The summed E-state index contributed by atoms with van der Waals surface area (Å²) < 4.78 is 0. The van der Waals surface area contributed by atoms with E-state index in [0.717, 1.165) is 5.52 Å². The van der Waals surface area contributed by atoms with Crippen LogP contribution < -0.4 is 4.90 Å². The zero-order valence-corrected chi connectivity index (χ0v) is 7.86. The van der Waals surface area contributed by atoms with Crippen LogP contribution >= 0.6 is 0 Å². The molecule has 1 aromatic carbocycles. The summed E-state index contributed by atoms with van der Waals surface area (Å²) in [6.45, 7) is 0. The Balaban J connectivity index is 0.000000980. The van der Waals surface area contributed by atoms with Crippen LogP contribution in [0, 0.1) is 0 Å². The highest BCUT2D eigenvalue weighted by atomic mass is 15.1. The van der Waals surface area contributed by atoms with Crippen LogP contribution in [0.4, 0.5) is 5.69 Å². The van der Waals surface area contributed by atoms with Crippen LogP contribution in [-0.2, 0) is 0 Å². The van der Waals surface area contributed by atoms with E-state index in [0.29, 0.717) is 0 Å². The van der Waals surface area contributed by atoms with Crippen LogP contribution in [-0.4, -0.2) is 19.1 Å². The first-order valence-electron chi connectivity index (χ1n) is 4.29. The van der Waals surface area contributed by atoms with Gasteiger partial charge in [0.2, 0.25) is 0 Å². The minimum absolute atomic E-state index is 0. The molecule has 0 unspecified atom stereocenters. The fourth-order valence-electron chi connectivity index (χ4n) is 1.34. The molecular weight excluding hydrogens is 172 g/mol. The normalized spacial score (nSPS) is 9.57. The monoisotopic (exact) mass is 188 g/mol. The maximum Gasteiger partial charge on any atom is 0.0703 e. The minimum Gasteiger partial charge on any atom is -0.378 e. The van der Waals surface area contributed by atoms with Gasteiger partial charge in [0.25, 0.3) is 0 Å². The van der Waals surface area contributed by atoms with Crippen LogP contribution in [0.15, 0.2) is 36.5 Å². The third-order valence-electron chi connectivity index (χ3n) is 2.10. The number of hydrogen-bond acceptors (Lipinski definition) is 2. The Bertz CT molecular complexity index is 421. The number of aromatic nitrogens is 1. The second kappa shape index (κ2) is 4.09. The predicted octanol–water partition coefficient (Wildman–Crippen LogP) is 2.94. The molecule has 2 nitrogen and oxygen atoms in total. The van der Waals surface area contributed by atoms with Crippen LogP contribution in [0.2, 0.25) is 0 Å². The molecule has 2 rings (SSSR count). The van der Waals surface area contributed by atoms with Gasteiger partial charge in [0.05, 0.1) is 5.52 Å². The molecule has 0 N–H and O–H groups in total. The number of benzene rings is 1. The van der Waals surface area contributed by atoms with E-state index in [1.807, 2.05) is 32.4 Å². The molecule has 1 heterocycles. The molecule has 14 heavy (non-hydrogen) atoms. The number of nitrogens with zero attached hydrogens (tertiary/aromatic N) is 2. The van der Waals surface area contributed by atoms with Crippen molar-refractivity contribution in [2.75, 3.05) is 19.0 Å². The zero-order valence-electron chi connectivity index (χ0n) is 7.86. The maximum absolute atomic E-state index is 4.26. The number of rotatable bonds is 1. The van der Waals surface area contributed by atoms with Gasteiger partial charge >= 0.3 is 0 Å². The summed E-state index contributed by atoms with van der Waals surface area (Å²) in [4.78, 5) is 6.35. The molecule has 2 heteroatoms. The minimum atomic E-state index is 0. The van der Waals surface area contributed by atoms with Gasteiger partial charge in [0.1, 0.15) is 0 Å². The van der Waals surface area contributed by atoms with Crippen molar-refractivity contribution in [2.45, 2.75) is 7.43 Å². The molecule has 0 saturated heterocycles. The number of pyridine rings is 1. The van der Waals surface area contributed by atoms with Crippen molar-refractivity contribution in [3.05, 3.63) is 36.5 Å². The Morgan fingerprint density at radius 3 is 2.64 bits per heavy atom. The van der Waals surface area contributed by atoms with Crippen LogP contribution in [0.3, 0.4) is 0 Å². The number of anilines is 1. The Morgan fingerprint density at radius 2 is 1.93 bits per heavy atom. The van der Waals surface area contributed by atoms with Gasteiger partial charge in [-0.1, -0.05) is 13.5 Å². The van der Waals surface area contributed by atoms with Crippen molar-refractivity contribution in [3.63, 3.8) is 0 Å². The van der Waals surface area contributed by atoms with Gasteiger partial charge in [0.15, 0.2) is 0 Å². The fraction of sp³-hybridized carbons (Fsp3) is 0.250. The highest BCUT2D eigenvalue weighted by molar-refractivity contribution is 5.82. The molecule has 0 bridgehead atoms. The van der Waals surface area contributed by atoms with Crippen molar-refractivity contribution < 1.29 is 0 Å². The van der Waals surface area contributed by atoms with Crippen molar-refractivity contribution in [1.82, 2.24) is 4.98 Å². The quantitative estimate of drug-likeness (QED) is 0.684. The van der Waals surface area contributed by atoms with E-state index >= 15 is 0 Å². The third kappa shape index (κ3) is 1.84. The van der Waals surface area contributed by atoms with Gasteiger partial charge in [-0.05, 0) is 24.3 Å². The van der Waals surface area contributed by atoms with Gasteiger partial charge in [0, 0.05) is 31.4 Å². The van der Waals surface area contributed by atoms with Crippen LogP contribution in [0.25, 0.3) is 10.9 Å². The zero-order chi connectivity index (χ0) is 9.26. The molecule has 0 aliphatic rings. The van der Waals surface area contributed by atoms with Crippen molar-refractivity contribution in [2.24, 2.45) is 0 Å². The SMILES string of the molecule is C.CN(C)c1ccc2ncccc2c1. The average Bonchev–Trinajstić information content (AvgIpc) is 2.17. The van der Waals surface area contributed by atoms with Gasteiger partial charge < -0.3 is 4.90 Å². The lowest BCUT2D eigenvalue weighted by Crippen LogP contribution is -2.08. The van der Waals surface area contributed by atoms with Gasteiger partial charge in [-0.25, -0.2) is 0 Å². The van der Waals surface area contributed by atoms with E-state index < -0.39 is 0 Å². The van der Waals surface area contributed by atoms with Crippen LogP contribution in [0.5, 0.6) is 0 Å². The molecule has 74 valence electrons. The Hall–Kier alpha value is -1.57. The van der Waals surface area contributed by atoms with Gasteiger partial charge in [-0.15, -0.1) is 0 Å². The van der Waals surface area contributed by atoms with Gasteiger partial charge in [-0.2, -0.15) is 0 Å². The predicted molar refractivity (Wildman–Crippen MR) is 62.8 cm³/mol. The number of hydrogen-bond donors (Lipinski definition) is 0. The molecule has 1 aromatic heterocycles. The molecule has 0 aliphatic heterocycles. The lowest BCUT2D eigenvalue weighted by Gasteiger charge is -2.12. The van der Waals surface area contributed by atoms with E-state index in [1.165, 1.54) is 11.1 Å². The smallest absolute Gasteiger partial charge is 0.0703 e. The van der Waals surface area contributed by atoms with E-state index in [4.69, 9.17) is 0 Å². The molecule has 0 aliphatic carbocycles. The molecule has 0 fully saturated rings. The summed E-state index contributed by atoms with van der Waals surface area (Å²) in [5.74, 6) is 0. The molecule has 0 radical (unpaired) electrons. The second-order valence-electron chi connectivity index (χ2n) is 3.27. The first kappa shape index (κ1) is 10.5. The summed E-state index contributed by atoms with van der Waals surface area (Å²) in [5.41, 5.74) is 2.26. The Labute approximate surface area is 85.2 Å². The largest absolute Gasteiger partial charge is 0.378 e. The van der Waals surface area contributed by atoms with E-state index in [1.54, 1.807) is 0 Å².